The van der Waals surface area contributed by atoms with Crippen molar-refractivity contribution in [2.24, 2.45) is 0 Å². The molecule has 0 spiro atoms. The first-order valence-corrected chi connectivity index (χ1v) is 5.10. The van der Waals surface area contributed by atoms with Crippen LogP contribution in [-0.2, 0) is 0 Å². The molecule has 72 valence electrons. The van der Waals surface area contributed by atoms with Gasteiger partial charge in [-0.05, 0) is 24.6 Å². The lowest BCUT2D eigenvalue weighted by Gasteiger charge is -1.94. The van der Waals surface area contributed by atoms with Crippen LogP contribution in [0.15, 0.2) is 36.7 Å². The van der Waals surface area contributed by atoms with E-state index in [-0.39, 0.29) is 0 Å². The van der Waals surface area contributed by atoms with Gasteiger partial charge in [0.05, 0.1) is 11.9 Å². The van der Waals surface area contributed by atoms with Crippen LogP contribution in [0.1, 0.15) is 12.1 Å². The highest BCUT2D eigenvalue weighted by atomic mass is 35.5. The summed E-state index contributed by atoms with van der Waals surface area (Å²) in [6, 6.07) is 5.96. The van der Waals surface area contributed by atoms with E-state index in [4.69, 9.17) is 11.6 Å². The molecule has 0 amide bonds. The number of halogens is 1. The molecule has 0 bridgehead atoms. The predicted molar refractivity (Wildman–Crippen MR) is 59.6 cm³/mol. The molecule has 0 saturated carbocycles. The number of rotatable bonds is 3. The number of hydrogen-bond donors (Lipinski definition) is 0. The highest BCUT2D eigenvalue weighted by molar-refractivity contribution is 6.17. The van der Waals surface area contributed by atoms with Gasteiger partial charge in [-0.15, -0.1) is 11.6 Å². The number of pyridine rings is 1. The molecule has 0 saturated heterocycles. The zero-order valence-electron chi connectivity index (χ0n) is 7.73. The molecule has 2 aromatic heterocycles. The Morgan fingerprint density at radius 2 is 2.36 bits per heavy atom. The lowest BCUT2D eigenvalue weighted by Crippen LogP contribution is -1.84. The Morgan fingerprint density at radius 3 is 3.21 bits per heavy atom. The molecule has 0 aliphatic rings. The lowest BCUT2D eigenvalue weighted by atomic mass is 10.3. The molecule has 2 rings (SSSR count). The topological polar surface area (TPSA) is 17.3 Å². The van der Waals surface area contributed by atoms with Gasteiger partial charge < -0.3 is 4.40 Å². The zero-order chi connectivity index (χ0) is 9.80. The number of alkyl halides is 1. The summed E-state index contributed by atoms with van der Waals surface area (Å²) >= 11 is 5.59. The van der Waals surface area contributed by atoms with Gasteiger partial charge in [-0.2, -0.15) is 0 Å². The summed E-state index contributed by atoms with van der Waals surface area (Å²) in [6.07, 6.45) is 8.86. The number of aromatic nitrogens is 2. The number of hydrogen-bond acceptors (Lipinski definition) is 1. The Morgan fingerprint density at radius 1 is 1.43 bits per heavy atom. The Balaban J connectivity index is 2.34. The maximum atomic E-state index is 5.59. The molecule has 0 atom stereocenters. The molecule has 0 fully saturated rings. The van der Waals surface area contributed by atoms with Crippen LogP contribution in [0.3, 0.4) is 0 Å². The van der Waals surface area contributed by atoms with Gasteiger partial charge in [0.1, 0.15) is 5.65 Å². The second kappa shape index (κ2) is 4.29. The van der Waals surface area contributed by atoms with Crippen molar-refractivity contribution in [3.8, 4) is 0 Å². The SMILES string of the molecule is ClCC/C=C/c1cnc2ccccn12. The van der Waals surface area contributed by atoms with E-state index in [0.29, 0.717) is 5.88 Å². The standard InChI is InChI=1S/C11H11ClN2/c12-7-3-1-5-10-9-13-11-6-2-4-8-14(10)11/h1-2,4-6,8-9H,3,7H2/b5-1+. The van der Waals surface area contributed by atoms with Gasteiger partial charge in [-0.3, -0.25) is 0 Å². The van der Waals surface area contributed by atoms with E-state index in [1.165, 1.54) is 0 Å². The molecule has 0 aromatic carbocycles. The van der Waals surface area contributed by atoms with Crippen molar-refractivity contribution in [2.75, 3.05) is 5.88 Å². The summed E-state index contributed by atoms with van der Waals surface area (Å²) in [7, 11) is 0. The van der Waals surface area contributed by atoms with Gasteiger partial charge in [0.25, 0.3) is 0 Å². The molecule has 0 aliphatic heterocycles. The van der Waals surface area contributed by atoms with Gasteiger partial charge in [-0.1, -0.05) is 12.1 Å². The van der Waals surface area contributed by atoms with Crippen molar-refractivity contribution in [1.29, 1.82) is 0 Å². The minimum atomic E-state index is 0.660. The van der Waals surface area contributed by atoms with Crippen LogP contribution in [0, 0.1) is 0 Å². The summed E-state index contributed by atoms with van der Waals surface area (Å²) in [5.74, 6) is 0.660. The van der Waals surface area contributed by atoms with Gasteiger partial charge >= 0.3 is 0 Å². The molecule has 0 aliphatic carbocycles. The molecule has 2 nitrogen and oxygen atoms in total. The average Bonchev–Trinajstić information content (AvgIpc) is 2.63. The van der Waals surface area contributed by atoms with E-state index in [1.54, 1.807) is 0 Å². The molecule has 0 radical (unpaired) electrons. The minimum Gasteiger partial charge on any atom is -0.300 e. The molecule has 2 heterocycles. The average molecular weight is 207 g/mol. The Labute approximate surface area is 87.8 Å². The summed E-state index contributed by atoms with van der Waals surface area (Å²) < 4.78 is 2.05. The van der Waals surface area contributed by atoms with E-state index in [1.807, 2.05) is 41.1 Å². The van der Waals surface area contributed by atoms with Crippen LogP contribution in [0.4, 0.5) is 0 Å². The molecule has 0 N–H and O–H groups in total. The smallest absolute Gasteiger partial charge is 0.137 e. The third-order valence-corrected chi connectivity index (χ3v) is 2.23. The minimum absolute atomic E-state index is 0.660. The van der Waals surface area contributed by atoms with E-state index in [2.05, 4.69) is 11.1 Å². The molecular weight excluding hydrogens is 196 g/mol. The lowest BCUT2D eigenvalue weighted by molar-refractivity contribution is 1.16. The Kier molecular flexibility index (Phi) is 2.84. The van der Waals surface area contributed by atoms with E-state index < -0.39 is 0 Å². The van der Waals surface area contributed by atoms with Gasteiger partial charge in [0.2, 0.25) is 0 Å². The Bertz CT molecular complexity index is 445. The molecule has 14 heavy (non-hydrogen) atoms. The van der Waals surface area contributed by atoms with Crippen LogP contribution < -0.4 is 0 Å². The fourth-order valence-electron chi connectivity index (χ4n) is 1.34. The summed E-state index contributed by atoms with van der Waals surface area (Å²) in [4.78, 5) is 4.28. The summed E-state index contributed by atoms with van der Waals surface area (Å²) in [6.45, 7) is 0. The fourth-order valence-corrected chi connectivity index (χ4v) is 1.47. The number of fused-ring (bicyclic) bond motifs is 1. The Hall–Kier alpha value is -1.28. The van der Waals surface area contributed by atoms with Gasteiger partial charge in [-0.25, -0.2) is 4.98 Å². The van der Waals surface area contributed by atoms with E-state index >= 15 is 0 Å². The van der Waals surface area contributed by atoms with Crippen LogP contribution >= 0.6 is 11.6 Å². The normalized spacial score (nSPS) is 11.5. The largest absolute Gasteiger partial charge is 0.300 e. The second-order valence-electron chi connectivity index (χ2n) is 2.99. The van der Waals surface area contributed by atoms with Crippen LogP contribution in [0.25, 0.3) is 11.7 Å². The summed E-state index contributed by atoms with van der Waals surface area (Å²) in [5.41, 5.74) is 2.06. The maximum absolute atomic E-state index is 5.59. The highest BCUT2D eigenvalue weighted by Crippen LogP contribution is 2.07. The van der Waals surface area contributed by atoms with E-state index in [9.17, 15) is 0 Å². The monoisotopic (exact) mass is 206 g/mol. The predicted octanol–water partition coefficient (Wildman–Crippen LogP) is 2.98. The molecule has 3 heteroatoms. The first kappa shape index (κ1) is 9.28. The second-order valence-corrected chi connectivity index (χ2v) is 3.37. The number of allylic oxidation sites excluding steroid dienone is 1. The highest BCUT2D eigenvalue weighted by Gasteiger charge is 1.96. The van der Waals surface area contributed by atoms with Crippen molar-refractivity contribution in [1.82, 2.24) is 9.38 Å². The number of imidazole rings is 1. The van der Waals surface area contributed by atoms with E-state index in [0.717, 1.165) is 17.8 Å². The third-order valence-electron chi connectivity index (χ3n) is 2.01. The van der Waals surface area contributed by atoms with Crippen LogP contribution in [-0.4, -0.2) is 15.3 Å². The first-order chi connectivity index (χ1) is 6.92. The van der Waals surface area contributed by atoms with Crippen molar-refractivity contribution in [3.05, 3.63) is 42.4 Å². The van der Waals surface area contributed by atoms with Gasteiger partial charge in [0.15, 0.2) is 0 Å². The van der Waals surface area contributed by atoms with Crippen molar-refractivity contribution < 1.29 is 0 Å². The quantitative estimate of drug-likeness (QED) is 0.706. The molecule has 2 aromatic rings. The molecular formula is C11H11ClN2. The van der Waals surface area contributed by atoms with Crippen molar-refractivity contribution in [2.45, 2.75) is 6.42 Å². The number of nitrogens with zero attached hydrogens (tertiary/aromatic N) is 2. The van der Waals surface area contributed by atoms with Crippen molar-refractivity contribution >= 4 is 23.3 Å². The third kappa shape index (κ3) is 1.80. The fraction of sp³-hybridized carbons (Fsp3) is 0.182. The summed E-state index contributed by atoms with van der Waals surface area (Å²) in [5, 5.41) is 0. The van der Waals surface area contributed by atoms with Crippen LogP contribution in [0.2, 0.25) is 0 Å². The zero-order valence-corrected chi connectivity index (χ0v) is 8.48. The van der Waals surface area contributed by atoms with Crippen LogP contribution in [0.5, 0.6) is 0 Å². The first-order valence-electron chi connectivity index (χ1n) is 4.56. The van der Waals surface area contributed by atoms with Gasteiger partial charge in [0, 0.05) is 12.1 Å². The van der Waals surface area contributed by atoms with Crippen molar-refractivity contribution in [3.63, 3.8) is 0 Å². The maximum Gasteiger partial charge on any atom is 0.137 e. The molecule has 0 unspecified atom stereocenters.